The molecule has 0 aliphatic heterocycles. The van der Waals surface area contributed by atoms with Gasteiger partial charge in [0.15, 0.2) is 11.6 Å². The van der Waals surface area contributed by atoms with Crippen LogP contribution in [0.1, 0.15) is 6.92 Å². The number of halogens is 1. The van der Waals surface area contributed by atoms with Gasteiger partial charge in [-0.1, -0.05) is 18.7 Å². The SMILES string of the molecule is C=C(C)/C=C(/OC)C(=C)F. The highest BCUT2D eigenvalue weighted by Gasteiger charge is 1.98. The van der Waals surface area contributed by atoms with Crippen molar-refractivity contribution >= 4 is 0 Å². The molecule has 0 radical (unpaired) electrons. The van der Waals surface area contributed by atoms with E-state index in [1.54, 1.807) is 6.92 Å². The Morgan fingerprint density at radius 3 is 2.10 bits per heavy atom. The first-order chi connectivity index (χ1) is 4.57. The van der Waals surface area contributed by atoms with Gasteiger partial charge in [0, 0.05) is 0 Å². The van der Waals surface area contributed by atoms with Gasteiger partial charge in [-0.15, -0.1) is 0 Å². The lowest BCUT2D eigenvalue weighted by Crippen LogP contribution is -1.86. The van der Waals surface area contributed by atoms with E-state index in [4.69, 9.17) is 0 Å². The lowest BCUT2D eigenvalue weighted by atomic mass is 10.3. The van der Waals surface area contributed by atoms with Gasteiger partial charge >= 0.3 is 0 Å². The molecule has 0 rings (SSSR count). The molecule has 56 valence electrons. The van der Waals surface area contributed by atoms with Gasteiger partial charge in [0.05, 0.1) is 7.11 Å². The summed E-state index contributed by atoms with van der Waals surface area (Å²) in [5.74, 6) is -0.446. The maximum Gasteiger partial charge on any atom is 0.157 e. The number of methoxy groups -OCH3 is 1. The Balaban J connectivity index is 4.34. The van der Waals surface area contributed by atoms with Crippen molar-refractivity contribution in [1.82, 2.24) is 0 Å². The second-order valence-electron chi connectivity index (χ2n) is 1.96. The van der Waals surface area contributed by atoms with Gasteiger partial charge in [0.2, 0.25) is 0 Å². The monoisotopic (exact) mass is 142 g/mol. The number of rotatable bonds is 3. The molecule has 0 saturated carbocycles. The Bertz CT molecular complexity index is 180. The smallest absolute Gasteiger partial charge is 0.157 e. The van der Waals surface area contributed by atoms with Crippen LogP contribution in [0.15, 0.2) is 36.4 Å². The summed E-state index contributed by atoms with van der Waals surface area (Å²) in [7, 11) is 1.39. The molecule has 0 atom stereocenters. The van der Waals surface area contributed by atoms with Crippen molar-refractivity contribution in [2.45, 2.75) is 6.92 Å². The van der Waals surface area contributed by atoms with E-state index in [1.165, 1.54) is 13.2 Å². The molecule has 0 aromatic rings. The van der Waals surface area contributed by atoms with Crippen LogP contribution in [0, 0.1) is 0 Å². The van der Waals surface area contributed by atoms with Gasteiger partial charge in [0.1, 0.15) is 0 Å². The molecule has 0 spiro atoms. The molecule has 0 aromatic heterocycles. The quantitative estimate of drug-likeness (QED) is 0.434. The molecular weight excluding hydrogens is 131 g/mol. The summed E-state index contributed by atoms with van der Waals surface area (Å²) in [6.07, 6.45) is 1.49. The second-order valence-corrected chi connectivity index (χ2v) is 1.96. The summed E-state index contributed by atoms with van der Waals surface area (Å²) >= 11 is 0. The molecule has 0 unspecified atom stereocenters. The molecule has 0 heterocycles. The molecule has 0 aromatic carbocycles. The number of ether oxygens (including phenoxy) is 1. The van der Waals surface area contributed by atoms with Crippen LogP contribution < -0.4 is 0 Å². The fraction of sp³-hybridized carbons (Fsp3) is 0.250. The fourth-order valence-electron chi connectivity index (χ4n) is 0.472. The van der Waals surface area contributed by atoms with Crippen molar-refractivity contribution in [3.63, 3.8) is 0 Å². The Morgan fingerprint density at radius 1 is 1.50 bits per heavy atom. The molecule has 0 N–H and O–H groups in total. The molecule has 0 aliphatic carbocycles. The zero-order valence-corrected chi connectivity index (χ0v) is 6.28. The molecule has 1 nitrogen and oxygen atoms in total. The van der Waals surface area contributed by atoms with E-state index in [-0.39, 0.29) is 5.76 Å². The van der Waals surface area contributed by atoms with Crippen LogP contribution in [0.3, 0.4) is 0 Å². The first kappa shape index (κ1) is 8.95. The minimum absolute atomic E-state index is 0.132. The van der Waals surface area contributed by atoms with E-state index in [9.17, 15) is 4.39 Å². The Morgan fingerprint density at radius 2 is 2.00 bits per heavy atom. The Labute approximate surface area is 60.5 Å². The first-order valence-electron chi connectivity index (χ1n) is 2.84. The number of hydrogen-bond donors (Lipinski definition) is 0. The number of hydrogen-bond acceptors (Lipinski definition) is 1. The van der Waals surface area contributed by atoms with Crippen molar-refractivity contribution in [2.24, 2.45) is 0 Å². The standard InChI is InChI=1S/C8H11FO/c1-6(2)5-8(10-4)7(3)9/h5H,1,3H2,2,4H3/b8-5+. The predicted octanol–water partition coefficient (Wildman–Crippen LogP) is 2.58. The zero-order valence-electron chi connectivity index (χ0n) is 6.28. The summed E-state index contributed by atoms with van der Waals surface area (Å²) in [6, 6.07) is 0. The van der Waals surface area contributed by atoms with Gasteiger partial charge in [-0.05, 0) is 13.0 Å². The summed E-state index contributed by atoms with van der Waals surface area (Å²) in [6.45, 7) is 8.39. The Kier molecular flexibility index (Phi) is 3.47. The summed E-state index contributed by atoms with van der Waals surface area (Å²) < 4.78 is 16.9. The van der Waals surface area contributed by atoms with Crippen LogP contribution in [-0.2, 0) is 4.74 Å². The van der Waals surface area contributed by atoms with E-state index < -0.39 is 5.83 Å². The van der Waals surface area contributed by atoms with Crippen molar-refractivity contribution in [2.75, 3.05) is 7.11 Å². The second kappa shape index (κ2) is 3.88. The molecule has 0 saturated heterocycles. The lowest BCUT2D eigenvalue weighted by Gasteiger charge is -2.00. The maximum absolute atomic E-state index is 12.3. The van der Waals surface area contributed by atoms with Crippen molar-refractivity contribution in [1.29, 1.82) is 0 Å². The van der Waals surface area contributed by atoms with Gasteiger partial charge in [-0.3, -0.25) is 0 Å². The molecular formula is C8H11FO. The Hall–Kier alpha value is -1.05. The van der Waals surface area contributed by atoms with E-state index >= 15 is 0 Å². The van der Waals surface area contributed by atoms with E-state index in [1.807, 2.05) is 0 Å². The highest BCUT2D eigenvalue weighted by Crippen LogP contribution is 2.11. The van der Waals surface area contributed by atoms with Crippen molar-refractivity contribution in [3.8, 4) is 0 Å². The normalized spacial score (nSPS) is 10.9. The third-order valence-electron chi connectivity index (χ3n) is 0.865. The third-order valence-corrected chi connectivity index (χ3v) is 0.865. The minimum Gasteiger partial charge on any atom is -0.494 e. The zero-order chi connectivity index (χ0) is 8.15. The summed E-state index contributed by atoms with van der Waals surface area (Å²) in [5.41, 5.74) is 0.732. The van der Waals surface area contributed by atoms with Crippen LogP contribution in [0.25, 0.3) is 0 Å². The maximum atomic E-state index is 12.3. The van der Waals surface area contributed by atoms with Crippen LogP contribution >= 0.6 is 0 Å². The molecule has 10 heavy (non-hydrogen) atoms. The van der Waals surface area contributed by atoms with Crippen LogP contribution in [-0.4, -0.2) is 7.11 Å². The van der Waals surface area contributed by atoms with Gasteiger partial charge in [-0.25, -0.2) is 4.39 Å². The van der Waals surface area contributed by atoms with Gasteiger partial charge in [-0.2, -0.15) is 0 Å². The highest BCUT2D eigenvalue weighted by atomic mass is 19.1. The van der Waals surface area contributed by atoms with Crippen LogP contribution in [0.2, 0.25) is 0 Å². The molecule has 0 bridgehead atoms. The van der Waals surface area contributed by atoms with Crippen molar-refractivity contribution in [3.05, 3.63) is 36.4 Å². The lowest BCUT2D eigenvalue weighted by molar-refractivity contribution is 0.283. The van der Waals surface area contributed by atoms with E-state index in [0.29, 0.717) is 0 Å². The molecule has 2 heteroatoms. The third kappa shape index (κ3) is 3.07. The van der Waals surface area contributed by atoms with Gasteiger partial charge in [0.25, 0.3) is 0 Å². The van der Waals surface area contributed by atoms with Gasteiger partial charge < -0.3 is 4.74 Å². The highest BCUT2D eigenvalue weighted by molar-refractivity contribution is 5.25. The van der Waals surface area contributed by atoms with E-state index in [0.717, 1.165) is 5.57 Å². The average Bonchev–Trinajstić information content (AvgIpc) is 1.81. The fourth-order valence-corrected chi connectivity index (χ4v) is 0.472. The first-order valence-corrected chi connectivity index (χ1v) is 2.84. The summed E-state index contributed by atoms with van der Waals surface area (Å²) in [5, 5.41) is 0. The van der Waals surface area contributed by atoms with Crippen LogP contribution in [0.4, 0.5) is 4.39 Å². The molecule has 0 fully saturated rings. The molecule has 0 aliphatic rings. The largest absolute Gasteiger partial charge is 0.494 e. The van der Waals surface area contributed by atoms with Crippen molar-refractivity contribution < 1.29 is 9.13 Å². The average molecular weight is 142 g/mol. The van der Waals surface area contributed by atoms with E-state index in [2.05, 4.69) is 17.9 Å². The topological polar surface area (TPSA) is 9.23 Å². The molecule has 0 amide bonds. The summed E-state index contributed by atoms with van der Waals surface area (Å²) in [4.78, 5) is 0. The van der Waals surface area contributed by atoms with Crippen LogP contribution in [0.5, 0.6) is 0 Å². The predicted molar refractivity (Wildman–Crippen MR) is 40.2 cm³/mol. The minimum atomic E-state index is -0.578. The number of allylic oxidation sites excluding steroid dienone is 3.